The highest BCUT2D eigenvalue weighted by Crippen LogP contribution is 2.23. The van der Waals surface area contributed by atoms with E-state index in [4.69, 9.17) is 4.74 Å². The highest BCUT2D eigenvalue weighted by Gasteiger charge is 2.15. The number of ether oxygens (including phenoxy) is 1. The van der Waals surface area contributed by atoms with E-state index in [1.807, 2.05) is 61.0 Å². The van der Waals surface area contributed by atoms with Crippen molar-refractivity contribution in [1.82, 2.24) is 24.6 Å². The molecule has 146 valence electrons. The number of aryl methyl sites for hydroxylation is 1. The minimum Gasteiger partial charge on any atom is -0.497 e. The van der Waals surface area contributed by atoms with E-state index < -0.39 is 0 Å². The zero-order chi connectivity index (χ0) is 19.9. The molecule has 2 aromatic heterocycles. The predicted molar refractivity (Wildman–Crippen MR) is 109 cm³/mol. The molecule has 0 N–H and O–H groups in total. The molecule has 0 spiro atoms. The van der Waals surface area contributed by atoms with E-state index in [1.165, 1.54) is 11.8 Å². The minimum atomic E-state index is 0.0443. The molecule has 0 aliphatic heterocycles. The number of aromatic nitrogens is 4. The van der Waals surface area contributed by atoms with Gasteiger partial charge in [0.15, 0.2) is 5.16 Å². The second kappa shape index (κ2) is 9.36. The van der Waals surface area contributed by atoms with E-state index in [0.717, 1.165) is 29.4 Å². The number of carbonyl (C=O) groups is 1. The number of benzene rings is 1. The second-order valence-electron chi connectivity index (χ2n) is 6.24. The molecule has 1 amide bonds. The number of hydrogen-bond acceptors (Lipinski definition) is 6. The van der Waals surface area contributed by atoms with Gasteiger partial charge in [-0.05, 0) is 43.3 Å². The number of nitrogens with zero attached hydrogens (tertiary/aromatic N) is 5. The van der Waals surface area contributed by atoms with Crippen LogP contribution in [0, 0.1) is 6.92 Å². The van der Waals surface area contributed by atoms with Gasteiger partial charge >= 0.3 is 0 Å². The lowest BCUT2D eigenvalue weighted by molar-refractivity contribution is -0.127. The van der Waals surface area contributed by atoms with Gasteiger partial charge in [-0.3, -0.25) is 14.3 Å². The van der Waals surface area contributed by atoms with Crippen LogP contribution in [0.5, 0.6) is 5.75 Å². The maximum atomic E-state index is 12.5. The third-order valence-corrected chi connectivity index (χ3v) is 5.22. The first kappa shape index (κ1) is 19.9. The molecule has 0 aliphatic carbocycles. The summed E-state index contributed by atoms with van der Waals surface area (Å²) in [5.74, 6) is 1.90. The van der Waals surface area contributed by atoms with E-state index in [1.54, 1.807) is 18.2 Å². The SMILES string of the molecule is COc1ccc(-n2c(C)nnc2SCC(=O)N(C)CCc2ccccn2)cc1. The number of carbonyl (C=O) groups excluding carboxylic acids is 1. The Kier molecular flexibility index (Phi) is 6.65. The van der Waals surface area contributed by atoms with Gasteiger partial charge in [-0.1, -0.05) is 17.8 Å². The molecule has 0 aliphatic rings. The van der Waals surface area contributed by atoms with Gasteiger partial charge in [0, 0.05) is 37.6 Å². The number of likely N-dealkylation sites (N-methyl/N-ethyl adjacent to an activating group) is 1. The third kappa shape index (κ3) is 4.89. The van der Waals surface area contributed by atoms with Crippen molar-refractivity contribution in [3.05, 3.63) is 60.2 Å². The van der Waals surface area contributed by atoms with Crippen LogP contribution in [0.2, 0.25) is 0 Å². The number of pyridine rings is 1. The number of methoxy groups -OCH3 is 1. The molecule has 2 heterocycles. The minimum absolute atomic E-state index is 0.0443. The summed E-state index contributed by atoms with van der Waals surface area (Å²) < 4.78 is 7.14. The quantitative estimate of drug-likeness (QED) is 0.544. The average molecular weight is 398 g/mol. The summed E-state index contributed by atoms with van der Waals surface area (Å²) in [6, 6.07) is 13.5. The lowest BCUT2D eigenvalue weighted by Crippen LogP contribution is -2.30. The van der Waals surface area contributed by atoms with Crippen LogP contribution in [0.25, 0.3) is 5.69 Å². The summed E-state index contributed by atoms with van der Waals surface area (Å²) in [4.78, 5) is 18.5. The van der Waals surface area contributed by atoms with Crippen LogP contribution in [0.3, 0.4) is 0 Å². The molecule has 7 nitrogen and oxygen atoms in total. The van der Waals surface area contributed by atoms with Crippen molar-refractivity contribution in [2.24, 2.45) is 0 Å². The van der Waals surface area contributed by atoms with Gasteiger partial charge in [0.1, 0.15) is 11.6 Å². The van der Waals surface area contributed by atoms with Gasteiger partial charge in [0.05, 0.1) is 12.9 Å². The van der Waals surface area contributed by atoms with Gasteiger partial charge in [-0.15, -0.1) is 10.2 Å². The van der Waals surface area contributed by atoms with Crippen LogP contribution in [0.15, 0.2) is 53.8 Å². The molecule has 0 atom stereocenters. The van der Waals surface area contributed by atoms with Crippen LogP contribution in [-0.2, 0) is 11.2 Å². The molecule has 0 bridgehead atoms. The van der Waals surface area contributed by atoms with Gasteiger partial charge in [-0.2, -0.15) is 0 Å². The van der Waals surface area contributed by atoms with Crippen molar-refractivity contribution < 1.29 is 9.53 Å². The van der Waals surface area contributed by atoms with E-state index in [9.17, 15) is 4.79 Å². The fraction of sp³-hybridized carbons (Fsp3) is 0.300. The van der Waals surface area contributed by atoms with E-state index in [2.05, 4.69) is 15.2 Å². The van der Waals surface area contributed by atoms with E-state index >= 15 is 0 Å². The van der Waals surface area contributed by atoms with Crippen molar-refractivity contribution in [1.29, 1.82) is 0 Å². The monoisotopic (exact) mass is 397 g/mol. The van der Waals surface area contributed by atoms with E-state index in [-0.39, 0.29) is 5.91 Å². The van der Waals surface area contributed by atoms with Gasteiger partial charge in [0.2, 0.25) is 5.91 Å². The van der Waals surface area contributed by atoms with Crippen molar-refractivity contribution in [3.8, 4) is 11.4 Å². The Morgan fingerprint density at radius 1 is 1.18 bits per heavy atom. The maximum Gasteiger partial charge on any atom is 0.232 e. The summed E-state index contributed by atoms with van der Waals surface area (Å²) in [5, 5.41) is 9.07. The highest BCUT2D eigenvalue weighted by molar-refractivity contribution is 7.99. The summed E-state index contributed by atoms with van der Waals surface area (Å²) in [6.07, 6.45) is 2.50. The van der Waals surface area contributed by atoms with Crippen molar-refractivity contribution in [2.75, 3.05) is 26.5 Å². The first-order chi connectivity index (χ1) is 13.6. The molecule has 28 heavy (non-hydrogen) atoms. The van der Waals surface area contributed by atoms with Crippen LogP contribution < -0.4 is 4.74 Å². The summed E-state index contributed by atoms with van der Waals surface area (Å²) in [7, 11) is 3.45. The lowest BCUT2D eigenvalue weighted by atomic mass is 10.2. The third-order valence-electron chi connectivity index (χ3n) is 4.31. The first-order valence-electron chi connectivity index (χ1n) is 8.91. The fourth-order valence-electron chi connectivity index (χ4n) is 2.65. The van der Waals surface area contributed by atoms with Gasteiger partial charge in [-0.25, -0.2) is 0 Å². The molecular weight excluding hydrogens is 374 g/mol. The van der Waals surface area contributed by atoms with Crippen LogP contribution >= 0.6 is 11.8 Å². The standard InChI is InChI=1S/C20H23N5O2S/c1-15-22-23-20(25(15)17-7-9-18(27-3)10-8-17)28-14-19(26)24(2)13-11-16-6-4-5-12-21-16/h4-10,12H,11,13-14H2,1-3H3. The molecule has 3 rings (SSSR count). The summed E-state index contributed by atoms with van der Waals surface area (Å²) >= 11 is 1.38. The highest BCUT2D eigenvalue weighted by atomic mass is 32.2. The van der Waals surface area contributed by atoms with E-state index in [0.29, 0.717) is 17.5 Å². The number of hydrogen-bond donors (Lipinski definition) is 0. The molecular formula is C20H23N5O2S. The maximum absolute atomic E-state index is 12.5. The van der Waals surface area contributed by atoms with Gasteiger partial charge in [0.25, 0.3) is 0 Å². The Bertz CT molecular complexity index is 912. The molecule has 0 saturated carbocycles. The average Bonchev–Trinajstić information content (AvgIpc) is 3.11. The Morgan fingerprint density at radius 3 is 2.64 bits per heavy atom. The normalized spacial score (nSPS) is 10.7. The zero-order valence-electron chi connectivity index (χ0n) is 16.2. The number of rotatable bonds is 8. The van der Waals surface area contributed by atoms with Crippen LogP contribution in [0.1, 0.15) is 11.5 Å². The van der Waals surface area contributed by atoms with Crippen LogP contribution in [0.4, 0.5) is 0 Å². The first-order valence-corrected chi connectivity index (χ1v) is 9.90. The second-order valence-corrected chi connectivity index (χ2v) is 7.18. The molecule has 8 heteroatoms. The smallest absolute Gasteiger partial charge is 0.232 e. The van der Waals surface area contributed by atoms with Crippen molar-refractivity contribution in [2.45, 2.75) is 18.5 Å². The lowest BCUT2D eigenvalue weighted by Gasteiger charge is -2.16. The molecule has 1 aromatic carbocycles. The molecule has 0 saturated heterocycles. The predicted octanol–water partition coefficient (Wildman–Crippen LogP) is 2.77. The van der Waals surface area contributed by atoms with Gasteiger partial charge < -0.3 is 9.64 Å². The Morgan fingerprint density at radius 2 is 1.96 bits per heavy atom. The van der Waals surface area contributed by atoms with Crippen LogP contribution in [-0.4, -0.2) is 57.0 Å². The molecule has 0 radical (unpaired) electrons. The van der Waals surface area contributed by atoms with Crippen molar-refractivity contribution in [3.63, 3.8) is 0 Å². The Balaban J connectivity index is 1.60. The fourth-order valence-corrected chi connectivity index (χ4v) is 3.59. The molecule has 3 aromatic rings. The summed E-state index contributed by atoms with van der Waals surface area (Å²) in [6.45, 7) is 2.52. The Hall–Kier alpha value is -2.87. The number of amides is 1. The zero-order valence-corrected chi connectivity index (χ0v) is 17.0. The largest absolute Gasteiger partial charge is 0.497 e. The Labute approximate surface area is 168 Å². The molecule has 0 fully saturated rings. The topological polar surface area (TPSA) is 73.1 Å². The van der Waals surface area contributed by atoms with Crippen molar-refractivity contribution >= 4 is 17.7 Å². The summed E-state index contributed by atoms with van der Waals surface area (Å²) in [5.41, 5.74) is 1.91. The molecule has 0 unspecified atom stereocenters. The number of thioether (sulfide) groups is 1.